The molecule has 2 heterocycles. The Labute approximate surface area is 147 Å². The van der Waals surface area contributed by atoms with Crippen LogP contribution >= 0.6 is 22.9 Å². The number of nitrogens with zero attached hydrogens (tertiary/aromatic N) is 2. The van der Waals surface area contributed by atoms with E-state index >= 15 is 0 Å². The van der Waals surface area contributed by atoms with Gasteiger partial charge in [-0.1, -0.05) is 35.9 Å². The third-order valence-electron chi connectivity index (χ3n) is 3.50. The number of nitrogens with one attached hydrogen (secondary N) is 1. The van der Waals surface area contributed by atoms with Crippen molar-refractivity contribution < 1.29 is 8.42 Å². The van der Waals surface area contributed by atoms with Crippen LogP contribution in [-0.2, 0) is 10.0 Å². The Hall–Kier alpha value is -2.22. The second kappa shape index (κ2) is 5.70. The molecule has 1 aliphatic rings. The maximum Gasteiger partial charge on any atom is 0.285 e. The van der Waals surface area contributed by atoms with Crippen LogP contribution in [-0.4, -0.2) is 19.2 Å². The largest absolute Gasteiger partial charge is 0.315 e. The summed E-state index contributed by atoms with van der Waals surface area (Å²) < 4.78 is 27.9. The Morgan fingerprint density at radius 3 is 2.58 bits per heavy atom. The lowest BCUT2D eigenvalue weighted by Gasteiger charge is -2.02. The van der Waals surface area contributed by atoms with E-state index in [2.05, 4.69) is 14.7 Å². The van der Waals surface area contributed by atoms with Gasteiger partial charge >= 0.3 is 0 Å². The molecule has 0 fully saturated rings. The molecule has 0 saturated heterocycles. The molecule has 8 heteroatoms. The molecule has 0 radical (unpaired) electrons. The highest BCUT2D eigenvalue weighted by atomic mass is 35.5. The third kappa shape index (κ3) is 2.71. The maximum atomic E-state index is 12.1. The van der Waals surface area contributed by atoms with Crippen molar-refractivity contribution in [3.63, 3.8) is 0 Å². The quantitative estimate of drug-likeness (QED) is 0.734. The zero-order valence-corrected chi connectivity index (χ0v) is 14.5. The SMILES string of the molecule is O=S1(=O)N=C(Nc2nc(-c3ccc(Cl)cc3)cs2)c2ccccc21. The second-order valence-corrected chi connectivity index (χ2v) is 7.95. The fraction of sp³-hybridized carbons (Fsp3) is 0. The highest BCUT2D eigenvalue weighted by molar-refractivity contribution is 7.90. The molecule has 0 atom stereocenters. The van der Waals surface area contributed by atoms with Crippen LogP contribution in [0.3, 0.4) is 0 Å². The van der Waals surface area contributed by atoms with E-state index in [0.717, 1.165) is 11.3 Å². The van der Waals surface area contributed by atoms with E-state index < -0.39 is 10.0 Å². The molecule has 1 aliphatic heterocycles. The number of rotatable bonds is 2. The van der Waals surface area contributed by atoms with Gasteiger partial charge in [-0.15, -0.1) is 15.7 Å². The monoisotopic (exact) mass is 375 g/mol. The van der Waals surface area contributed by atoms with E-state index in [0.29, 0.717) is 21.6 Å². The fourth-order valence-corrected chi connectivity index (χ4v) is 4.40. The fourth-order valence-electron chi connectivity index (χ4n) is 2.38. The van der Waals surface area contributed by atoms with Gasteiger partial charge in [0.15, 0.2) is 11.0 Å². The molecule has 0 bridgehead atoms. The summed E-state index contributed by atoms with van der Waals surface area (Å²) in [7, 11) is -3.64. The van der Waals surface area contributed by atoms with Crippen molar-refractivity contribution in [1.29, 1.82) is 0 Å². The molecule has 5 nitrogen and oxygen atoms in total. The Kier molecular flexibility index (Phi) is 3.64. The average molecular weight is 376 g/mol. The first kappa shape index (κ1) is 15.3. The summed E-state index contributed by atoms with van der Waals surface area (Å²) in [5.41, 5.74) is 2.28. The summed E-state index contributed by atoms with van der Waals surface area (Å²) in [6.07, 6.45) is 0. The number of hydrogen-bond donors (Lipinski definition) is 1. The van der Waals surface area contributed by atoms with Gasteiger partial charge in [0, 0.05) is 21.5 Å². The molecule has 24 heavy (non-hydrogen) atoms. The van der Waals surface area contributed by atoms with Crippen molar-refractivity contribution in [2.75, 3.05) is 5.32 Å². The van der Waals surface area contributed by atoms with Gasteiger partial charge in [0.25, 0.3) is 10.0 Å². The number of sulfonamides is 1. The number of fused-ring (bicyclic) bond motifs is 1. The minimum absolute atomic E-state index is 0.210. The Morgan fingerprint density at radius 2 is 1.79 bits per heavy atom. The molecular formula is C16H10ClN3O2S2. The number of aromatic nitrogens is 1. The number of thiazole rings is 1. The molecule has 3 aromatic rings. The number of amidine groups is 1. The van der Waals surface area contributed by atoms with Crippen LogP contribution in [0.2, 0.25) is 5.02 Å². The summed E-state index contributed by atoms with van der Waals surface area (Å²) in [6.45, 7) is 0. The van der Waals surface area contributed by atoms with Crippen LogP contribution in [0.1, 0.15) is 5.56 Å². The summed E-state index contributed by atoms with van der Waals surface area (Å²) in [5, 5.41) is 6.13. The number of anilines is 1. The predicted octanol–water partition coefficient (Wildman–Crippen LogP) is 4.02. The highest BCUT2D eigenvalue weighted by Crippen LogP contribution is 2.29. The number of halogens is 1. The number of hydrogen-bond acceptors (Lipinski definition) is 5. The van der Waals surface area contributed by atoms with Crippen molar-refractivity contribution >= 4 is 43.9 Å². The first-order valence-electron chi connectivity index (χ1n) is 6.96. The summed E-state index contributed by atoms with van der Waals surface area (Å²) in [6, 6.07) is 14.1. The normalized spacial score (nSPS) is 15.0. The minimum Gasteiger partial charge on any atom is -0.315 e. The summed E-state index contributed by atoms with van der Waals surface area (Å²) >= 11 is 7.27. The van der Waals surface area contributed by atoms with Crippen LogP contribution < -0.4 is 5.32 Å². The van der Waals surface area contributed by atoms with Gasteiger partial charge in [-0.3, -0.25) is 0 Å². The summed E-state index contributed by atoms with van der Waals surface area (Å²) in [5.74, 6) is 0.294. The van der Waals surface area contributed by atoms with Crippen molar-refractivity contribution in [2.24, 2.45) is 4.40 Å². The predicted molar refractivity (Wildman–Crippen MR) is 96.3 cm³/mol. The smallest absolute Gasteiger partial charge is 0.285 e. The molecule has 0 spiro atoms. The zero-order chi connectivity index (χ0) is 16.7. The van der Waals surface area contributed by atoms with Gasteiger partial charge in [0.1, 0.15) is 4.90 Å². The van der Waals surface area contributed by atoms with Gasteiger partial charge in [-0.05, 0) is 24.3 Å². The second-order valence-electron chi connectivity index (χ2n) is 5.08. The van der Waals surface area contributed by atoms with E-state index in [-0.39, 0.29) is 4.90 Å². The molecule has 4 rings (SSSR count). The lowest BCUT2D eigenvalue weighted by Crippen LogP contribution is -2.10. The van der Waals surface area contributed by atoms with Gasteiger partial charge < -0.3 is 5.32 Å². The van der Waals surface area contributed by atoms with Gasteiger partial charge in [-0.2, -0.15) is 8.42 Å². The average Bonchev–Trinajstić information content (AvgIpc) is 3.12. The van der Waals surface area contributed by atoms with Crippen LogP contribution in [0.5, 0.6) is 0 Å². The van der Waals surface area contributed by atoms with E-state index in [1.807, 2.05) is 17.5 Å². The lowest BCUT2D eigenvalue weighted by molar-refractivity contribution is 0.599. The highest BCUT2D eigenvalue weighted by Gasteiger charge is 2.28. The lowest BCUT2D eigenvalue weighted by atomic mass is 10.2. The summed E-state index contributed by atoms with van der Waals surface area (Å²) in [4.78, 5) is 4.69. The van der Waals surface area contributed by atoms with E-state index in [4.69, 9.17) is 11.6 Å². The van der Waals surface area contributed by atoms with Crippen LogP contribution in [0, 0.1) is 0 Å². The van der Waals surface area contributed by atoms with E-state index in [9.17, 15) is 8.42 Å². The van der Waals surface area contributed by atoms with Crippen molar-refractivity contribution in [3.05, 3.63) is 64.5 Å². The molecule has 0 saturated carbocycles. The molecule has 1 aromatic heterocycles. The minimum atomic E-state index is -3.64. The molecule has 0 unspecified atom stereocenters. The Balaban J connectivity index is 1.65. The van der Waals surface area contributed by atoms with E-state index in [1.165, 1.54) is 11.3 Å². The van der Waals surface area contributed by atoms with Crippen molar-refractivity contribution in [3.8, 4) is 11.3 Å². The standard InChI is InChI=1S/C16H10ClN3O2S2/c17-11-7-5-10(6-8-11)13-9-23-16(18-13)19-15-12-3-1-2-4-14(12)24(21,22)20-15/h1-9H,(H,18,19,20). The van der Waals surface area contributed by atoms with Crippen LogP contribution in [0.4, 0.5) is 5.13 Å². The molecule has 1 N–H and O–H groups in total. The molecule has 0 aliphatic carbocycles. The maximum absolute atomic E-state index is 12.1. The van der Waals surface area contributed by atoms with Gasteiger partial charge in [-0.25, -0.2) is 4.98 Å². The third-order valence-corrected chi connectivity index (χ3v) is 5.85. The molecular weight excluding hydrogens is 366 g/mol. The molecule has 0 amide bonds. The van der Waals surface area contributed by atoms with E-state index in [1.54, 1.807) is 36.4 Å². The van der Waals surface area contributed by atoms with Gasteiger partial charge in [0.05, 0.1) is 5.69 Å². The van der Waals surface area contributed by atoms with Crippen molar-refractivity contribution in [1.82, 2.24) is 4.98 Å². The zero-order valence-electron chi connectivity index (χ0n) is 12.1. The molecule has 2 aromatic carbocycles. The van der Waals surface area contributed by atoms with Crippen LogP contribution in [0.25, 0.3) is 11.3 Å². The first-order valence-corrected chi connectivity index (χ1v) is 9.65. The molecule has 120 valence electrons. The Morgan fingerprint density at radius 1 is 1.04 bits per heavy atom. The number of benzene rings is 2. The van der Waals surface area contributed by atoms with Crippen molar-refractivity contribution in [2.45, 2.75) is 4.90 Å². The topological polar surface area (TPSA) is 71.4 Å². The Bertz CT molecular complexity index is 1060. The first-order chi connectivity index (χ1) is 11.5. The van der Waals surface area contributed by atoms with Crippen LogP contribution in [0.15, 0.2) is 63.2 Å². The van der Waals surface area contributed by atoms with Gasteiger partial charge in [0.2, 0.25) is 0 Å².